The van der Waals surface area contributed by atoms with Crippen molar-refractivity contribution in [3.8, 4) is 0 Å². The number of hydrogen-bond acceptors (Lipinski definition) is 3. The van der Waals surface area contributed by atoms with Crippen LogP contribution in [0.1, 0.15) is 26.2 Å². The predicted octanol–water partition coefficient (Wildman–Crippen LogP) is 1.72. The molecule has 0 bridgehead atoms. The topological polar surface area (TPSA) is 24.1 Å². The quantitative estimate of drug-likeness (QED) is 0.707. The van der Waals surface area contributed by atoms with E-state index in [4.69, 9.17) is 0 Å². The fraction of sp³-hybridized carbons (Fsp3) is 1.00. The molecule has 84 valence electrons. The lowest BCUT2D eigenvalue weighted by Crippen LogP contribution is -2.36. The van der Waals surface area contributed by atoms with Crippen molar-refractivity contribution in [3.63, 3.8) is 0 Å². The molecule has 0 aromatic heterocycles. The Morgan fingerprint density at radius 2 is 2.07 bits per heavy atom. The minimum atomic E-state index is 0.609. The van der Waals surface area contributed by atoms with Crippen LogP contribution in [-0.2, 0) is 0 Å². The van der Waals surface area contributed by atoms with Crippen LogP contribution in [0.15, 0.2) is 0 Å². The summed E-state index contributed by atoms with van der Waals surface area (Å²) in [6.45, 7) is 4.51. The highest BCUT2D eigenvalue weighted by molar-refractivity contribution is 7.99. The minimum Gasteiger partial charge on any atom is -0.318 e. The third-order valence-corrected chi connectivity index (χ3v) is 3.95. The van der Waals surface area contributed by atoms with Gasteiger partial charge in [-0.05, 0) is 57.2 Å². The van der Waals surface area contributed by atoms with Crippen LogP contribution in [-0.4, -0.2) is 37.7 Å². The van der Waals surface area contributed by atoms with Crippen LogP contribution in [0, 0.1) is 5.92 Å². The van der Waals surface area contributed by atoms with Crippen molar-refractivity contribution < 1.29 is 0 Å². The van der Waals surface area contributed by atoms with Crippen LogP contribution in [0.5, 0.6) is 0 Å². The Morgan fingerprint density at radius 3 is 2.71 bits per heavy atom. The van der Waals surface area contributed by atoms with E-state index >= 15 is 0 Å². The van der Waals surface area contributed by atoms with Gasteiger partial charge in [-0.25, -0.2) is 0 Å². The SMILES string of the molecule is CNCC(C)NCCC1CCSCC1. The average Bonchev–Trinajstić information content (AvgIpc) is 2.20. The molecule has 0 saturated carbocycles. The molecule has 1 aliphatic rings. The molecule has 0 aromatic rings. The molecule has 14 heavy (non-hydrogen) atoms. The van der Waals surface area contributed by atoms with E-state index in [1.54, 1.807) is 0 Å². The van der Waals surface area contributed by atoms with Crippen molar-refractivity contribution >= 4 is 11.8 Å². The largest absolute Gasteiger partial charge is 0.318 e. The molecule has 2 N–H and O–H groups in total. The highest BCUT2D eigenvalue weighted by Crippen LogP contribution is 2.24. The average molecular weight is 216 g/mol. The molecule has 1 fully saturated rings. The van der Waals surface area contributed by atoms with Crippen LogP contribution in [0.25, 0.3) is 0 Å². The molecule has 0 radical (unpaired) electrons. The zero-order valence-electron chi connectivity index (χ0n) is 9.51. The van der Waals surface area contributed by atoms with Gasteiger partial charge in [0.1, 0.15) is 0 Å². The summed E-state index contributed by atoms with van der Waals surface area (Å²) in [4.78, 5) is 0. The Hall–Kier alpha value is 0.270. The molecule has 1 aliphatic heterocycles. The highest BCUT2D eigenvalue weighted by atomic mass is 32.2. The van der Waals surface area contributed by atoms with E-state index in [-0.39, 0.29) is 0 Å². The van der Waals surface area contributed by atoms with Gasteiger partial charge in [0.15, 0.2) is 0 Å². The van der Waals surface area contributed by atoms with Gasteiger partial charge in [0.25, 0.3) is 0 Å². The monoisotopic (exact) mass is 216 g/mol. The van der Waals surface area contributed by atoms with Crippen LogP contribution < -0.4 is 10.6 Å². The molecular weight excluding hydrogens is 192 g/mol. The van der Waals surface area contributed by atoms with E-state index in [0.29, 0.717) is 6.04 Å². The third kappa shape index (κ3) is 5.23. The molecule has 1 heterocycles. The second-order valence-corrected chi connectivity index (χ2v) is 5.48. The van der Waals surface area contributed by atoms with Gasteiger partial charge >= 0.3 is 0 Å². The first-order valence-corrected chi connectivity index (χ1v) is 6.94. The summed E-state index contributed by atoms with van der Waals surface area (Å²) in [6.07, 6.45) is 4.24. The van der Waals surface area contributed by atoms with E-state index < -0.39 is 0 Å². The van der Waals surface area contributed by atoms with Gasteiger partial charge in [-0.2, -0.15) is 11.8 Å². The fourth-order valence-electron chi connectivity index (χ4n) is 1.95. The maximum absolute atomic E-state index is 3.56. The summed E-state index contributed by atoms with van der Waals surface area (Å²) < 4.78 is 0. The number of hydrogen-bond donors (Lipinski definition) is 2. The predicted molar refractivity (Wildman–Crippen MR) is 66.1 cm³/mol. The maximum atomic E-state index is 3.56. The Balaban J connectivity index is 1.96. The second kappa shape index (κ2) is 7.55. The zero-order valence-corrected chi connectivity index (χ0v) is 10.3. The normalized spacial score (nSPS) is 21.0. The molecule has 1 unspecified atom stereocenters. The van der Waals surface area contributed by atoms with E-state index in [1.807, 2.05) is 7.05 Å². The molecule has 1 rings (SSSR count). The first kappa shape index (κ1) is 12.3. The molecule has 3 heteroatoms. The van der Waals surface area contributed by atoms with E-state index in [0.717, 1.165) is 12.5 Å². The van der Waals surface area contributed by atoms with Crippen LogP contribution >= 0.6 is 11.8 Å². The lowest BCUT2D eigenvalue weighted by molar-refractivity contribution is 0.416. The van der Waals surface area contributed by atoms with Gasteiger partial charge in [0.05, 0.1) is 0 Å². The molecule has 0 spiro atoms. The molecule has 0 aliphatic carbocycles. The number of rotatable bonds is 6. The smallest absolute Gasteiger partial charge is 0.0164 e. The summed E-state index contributed by atoms with van der Waals surface area (Å²) in [5, 5.41) is 6.75. The van der Waals surface area contributed by atoms with Crippen LogP contribution in [0.3, 0.4) is 0 Å². The Kier molecular flexibility index (Phi) is 6.65. The van der Waals surface area contributed by atoms with E-state index in [2.05, 4.69) is 29.3 Å². The summed E-state index contributed by atoms with van der Waals surface area (Å²) >= 11 is 2.12. The zero-order chi connectivity index (χ0) is 10.2. The fourth-order valence-corrected chi connectivity index (χ4v) is 3.15. The maximum Gasteiger partial charge on any atom is 0.0164 e. The molecule has 1 saturated heterocycles. The Morgan fingerprint density at radius 1 is 1.36 bits per heavy atom. The summed E-state index contributed by atoms with van der Waals surface area (Å²) in [5.41, 5.74) is 0. The van der Waals surface area contributed by atoms with Crippen molar-refractivity contribution in [2.45, 2.75) is 32.2 Å². The Bertz CT molecular complexity index is 135. The van der Waals surface area contributed by atoms with Crippen molar-refractivity contribution in [1.29, 1.82) is 0 Å². The van der Waals surface area contributed by atoms with Crippen LogP contribution in [0.4, 0.5) is 0 Å². The number of likely N-dealkylation sites (N-methyl/N-ethyl adjacent to an activating group) is 1. The van der Waals surface area contributed by atoms with E-state index in [1.165, 1.54) is 37.3 Å². The Labute approximate surface area is 92.6 Å². The lowest BCUT2D eigenvalue weighted by atomic mass is 9.99. The van der Waals surface area contributed by atoms with Gasteiger partial charge in [0.2, 0.25) is 0 Å². The van der Waals surface area contributed by atoms with Gasteiger partial charge in [-0.15, -0.1) is 0 Å². The lowest BCUT2D eigenvalue weighted by Gasteiger charge is -2.22. The first-order valence-electron chi connectivity index (χ1n) is 5.78. The van der Waals surface area contributed by atoms with Gasteiger partial charge in [-0.3, -0.25) is 0 Å². The second-order valence-electron chi connectivity index (χ2n) is 4.26. The van der Waals surface area contributed by atoms with Crippen molar-refractivity contribution in [3.05, 3.63) is 0 Å². The molecule has 1 atom stereocenters. The molecule has 0 aromatic carbocycles. The standard InChI is InChI=1S/C11H24N2S/c1-10(9-12-2)13-6-3-11-4-7-14-8-5-11/h10-13H,3-9H2,1-2H3. The van der Waals surface area contributed by atoms with Gasteiger partial charge in [0, 0.05) is 12.6 Å². The minimum absolute atomic E-state index is 0.609. The first-order chi connectivity index (χ1) is 6.83. The number of thioether (sulfide) groups is 1. The molecule has 2 nitrogen and oxygen atoms in total. The van der Waals surface area contributed by atoms with Gasteiger partial charge in [-0.1, -0.05) is 0 Å². The molecular formula is C11H24N2S. The molecule has 0 amide bonds. The van der Waals surface area contributed by atoms with Crippen molar-refractivity contribution in [1.82, 2.24) is 10.6 Å². The third-order valence-electron chi connectivity index (χ3n) is 2.90. The summed E-state index contributed by atoms with van der Waals surface area (Å²) in [6, 6.07) is 0.609. The van der Waals surface area contributed by atoms with Crippen molar-refractivity contribution in [2.24, 2.45) is 5.92 Å². The number of nitrogens with one attached hydrogen (secondary N) is 2. The highest BCUT2D eigenvalue weighted by Gasteiger charge is 2.13. The van der Waals surface area contributed by atoms with Gasteiger partial charge < -0.3 is 10.6 Å². The van der Waals surface area contributed by atoms with E-state index in [9.17, 15) is 0 Å². The summed E-state index contributed by atoms with van der Waals surface area (Å²) in [5.74, 6) is 3.76. The van der Waals surface area contributed by atoms with Crippen molar-refractivity contribution in [2.75, 3.05) is 31.6 Å². The van der Waals surface area contributed by atoms with Crippen LogP contribution in [0.2, 0.25) is 0 Å². The summed E-state index contributed by atoms with van der Waals surface area (Å²) in [7, 11) is 2.01.